The third-order valence-corrected chi connectivity index (χ3v) is 3.36. The summed E-state index contributed by atoms with van der Waals surface area (Å²) in [6, 6.07) is 9.32. The van der Waals surface area contributed by atoms with Gasteiger partial charge in [-0.25, -0.2) is 9.78 Å². The molecule has 6 heteroatoms. The van der Waals surface area contributed by atoms with E-state index in [0.29, 0.717) is 16.6 Å². The number of rotatable bonds is 2. The molecule has 0 spiro atoms. The van der Waals surface area contributed by atoms with Crippen molar-refractivity contribution < 1.29 is 9.90 Å². The van der Waals surface area contributed by atoms with Crippen molar-refractivity contribution in [3.8, 4) is 11.3 Å². The van der Waals surface area contributed by atoms with Crippen LogP contribution in [0.1, 0.15) is 10.4 Å². The highest BCUT2D eigenvalue weighted by Gasteiger charge is 2.19. The Morgan fingerprint density at radius 3 is 2.57 bits per heavy atom. The van der Waals surface area contributed by atoms with E-state index in [-0.39, 0.29) is 11.3 Å². The summed E-state index contributed by atoms with van der Waals surface area (Å²) < 4.78 is 0. The fourth-order valence-electron chi connectivity index (χ4n) is 2.28. The largest absolute Gasteiger partial charge is 0.478 e. The molecule has 3 rings (SSSR count). The summed E-state index contributed by atoms with van der Waals surface area (Å²) in [7, 11) is 1.98. The predicted molar refractivity (Wildman–Crippen MR) is 84.5 cm³/mol. The molecule has 0 saturated carbocycles. The Bertz CT molecular complexity index is 847. The van der Waals surface area contributed by atoms with E-state index in [2.05, 4.69) is 9.97 Å². The van der Waals surface area contributed by atoms with Crippen LogP contribution in [0.2, 0.25) is 0 Å². The van der Waals surface area contributed by atoms with E-state index in [1.165, 1.54) is 6.20 Å². The number of benzene rings is 1. The average Bonchev–Trinajstić information content (AvgIpc) is 2.47. The lowest BCUT2D eigenvalue weighted by Crippen LogP contribution is -2.08. The summed E-state index contributed by atoms with van der Waals surface area (Å²) in [6.45, 7) is 0. The zero-order valence-electron chi connectivity index (χ0n) is 11.4. The molecule has 0 unspecified atom stereocenters. The van der Waals surface area contributed by atoms with Crippen molar-refractivity contribution in [1.29, 1.82) is 0 Å². The summed E-state index contributed by atoms with van der Waals surface area (Å²) in [6.07, 6.45) is 3.05. The Morgan fingerprint density at radius 2 is 1.90 bits per heavy atom. The lowest BCUT2D eigenvalue weighted by atomic mass is 9.94. The van der Waals surface area contributed by atoms with Gasteiger partial charge in [0.15, 0.2) is 0 Å². The van der Waals surface area contributed by atoms with Crippen molar-refractivity contribution in [3.63, 3.8) is 0 Å². The van der Waals surface area contributed by atoms with E-state index in [4.69, 9.17) is 5.73 Å². The predicted octanol–water partition coefficient (Wildman–Crippen LogP) is 0.836. The fourth-order valence-corrected chi connectivity index (χ4v) is 2.28. The van der Waals surface area contributed by atoms with Gasteiger partial charge in [-0.1, -0.05) is 29.7 Å². The molecule has 1 aromatic carbocycles. The first-order valence-corrected chi connectivity index (χ1v) is 6.41. The van der Waals surface area contributed by atoms with E-state index in [1.54, 1.807) is 12.3 Å². The van der Waals surface area contributed by atoms with Gasteiger partial charge in [-0.3, -0.25) is 4.98 Å². The first kappa shape index (κ1) is 13.1. The summed E-state index contributed by atoms with van der Waals surface area (Å²) in [5.74, 6) is -1.08. The van der Waals surface area contributed by atoms with Gasteiger partial charge < -0.3 is 10.8 Å². The van der Waals surface area contributed by atoms with Gasteiger partial charge in [0.2, 0.25) is 0 Å². The Balaban J connectivity index is 2.36. The second kappa shape index (κ2) is 4.90. The van der Waals surface area contributed by atoms with E-state index in [0.717, 1.165) is 11.0 Å². The first-order chi connectivity index (χ1) is 10.1. The third kappa shape index (κ3) is 2.20. The Kier molecular flexibility index (Phi) is 3.06. The van der Waals surface area contributed by atoms with Crippen molar-refractivity contribution in [3.05, 3.63) is 48.3 Å². The van der Waals surface area contributed by atoms with Crippen LogP contribution in [-0.4, -0.2) is 28.9 Å². The van der Waals surface area contributed by atoms with Crippen molar-refractivity contribution in [2.75, 3.05) is 5.73 Å². The molecule has 2 aromatic heterocycles. The first-order valence-electron chi connectivity index (χ1n) is 6.41. The average molecular weight is 277 g/mol. The smallest absolute Gasteiger partial charge is 0.338 e. The minimum atomic E-state index is -1.08. The molecular formula is C15H12BN3O2. The number of nitrogen functional groups attached to an aromatic ring is 1. The van der Waals surface area contributed by atoms with Crippen LogP contribution in [0.25, 0.3) is 22.2 Å². The molecule has 0 aliphatic rings. The van der Waals surface area contributed by atoms with Gasteiger partial charge >= 0.3 is 5.97 Å². The zero-order chi connectivity index (χ0) is 15.0. The van der Waals surface area contributed by atoms with Crippen molar-refractivity contribution in [2.24, 2.45) is 0 Å². The SMILES string of the molecule is Bc1ccc(-c2nc3ccncc3c(C(=O)O)c2N)cc1. The molecule has 21 heavy (non-hydrogen) atoms. The molecule has 0 saturated heterocycles. The van der Waals surface area contributed by atoms with E-state index in [1.807, 2.05) is 32.1 Å². The van der Waals surface area contributed by atoms with Crippen molar-refractivity contribution in [2.45, 2.75) is 0 Å². The molecule has 0 fully saturated rings. The number of carboxylic acid groups (broad SMARTS) is 1. The number of fused-ring (bicyclic) bond motifs is 1. The van der Waals surface area contributed by atoms with Crippen LogP contribution in [0.4, 0.5) is 5.69 Å². The molecular weight excluding hydrogens is 265 g/mol. The number of carboxylic acids is 1. The van der Waals surface area contributed by atoms with Gasteiger partial charge in [-0.15, -0.1) is 0 Å². The number of aromatic nitrogens is 2. The highest BCUT2D eigenvalue weighted by atomic mass is 16.4. The summed E-state index contributed by atoms with van der Waals surface area (Å²) in [5.41, 5.74) is 9.20. The van der Waals surface area contributed by atoms with Gasteiger partial charge in [0.05, 0.1) is 22.5 Å². The number of carbonyl (C=O) groups is 1. The van der Waals surface area contributed by atoms with Crippen LogP contribution in [0.5, 0.6) is 0 Å². The monoisotopic (exact) mass is 277 g/mol. The van der Waals surface area contributed by atoms with Gasteiger partial charge in [0.1, 0.15) is 7.85 Å². The van der Waals surface area contributed by atoms with E-state index >= 15 is 0 Å². The maximum Gasteiger partial charge on any atom is 0.338 e. The third-order valence-electron chi connectivity index (χ3n) is 3.36. The highest BCUT2D eigenvalue weighted by Crippen LogP contribution is 2.31. The molecule has 0 amide bonds. The molecule has 102 valence electrons. The number of hydrogen-bond donors (Lipinski definition) is 2. The molecule has 2 heterocycles. The number of aromatic carboxylic acids is 1. The van der Waals surface area contributed by atoms with E-state index < -0.39 is 5.97 Å². The quantitative estimate of drug-likeness (QED) is 0.677. The van der Waals surface area contributed by atoms with Crippen LogP contribution >= 0.6 is 0 Å². The van der Waals surface area contributed by atoms with Gasteiger partial charge in [0.25, 0.3) is 0 Å². The second-order valence-corrected chi connectivity index (χ2v) is 4.81. The standard InChI is InChI=1S/C15H12BN3O2/c16-9-3-1-8(2-4-9)14-13(17)12(15(20)21)10-7-18-6-5-11(10)19-14/h1-7H,16-17H2,(H,20,21). The Labute approximate surface area is 121 Å². The normalized spacial score (nSPS) is 10.7. The van der Waals surface area contributed by atoms with Gasteiger partial charge in [-0.2, -0.15) is 0 Å². The number of nitrogens with two attached hydrogens (primary N) is 1. The Morgan fingerprint density at radius 1 is 1.19 bits per heavy atom. The maximum atomic E-state index is 11.5. The number of pyridine rings is 2. The van der Waals surface area contributed by atoms with Crippen LogP contribution in [0, 0.1) is 0 Å². The minimum absolute atomic E-state index is 0.0451. The molecule has 0 aliphatic carbocycles. The topological polar surface area (TPSA) is 89.1 Å². The van der Waals surface area contributed by atoms with Gasteiger partial charge in [0, 0.05) is 23.3 Å². The molecule has 0 aliphatic heterocycles. The summed E-state index contributed by atoms with van der Waals surface area (Å²) in [5, 5.41) is 9.89. The lowest BCUT2D eigenvalue weighted by molar-refractivity contribution is 0.0700. The second-order valence-electron chi connectivity index (χ2n) is 4.81. The van der Waals surface area contributed by atoms with Gasteiger partial charge in [-0.05, 0) is 6.07 Å². The van der Waals surface area contributed by atoms with Crippen molar-refractivity contribution in [1.82, 2.24) is 9.97 Å². The molecule has 0 bridgehead atoms. The number of hydrogen-bond acceptors (Lipinski definition) is 4. The van der Waals surface area contributed by atoms with Crippen LogP contribution in [0.15, 0.2) is 42.7 Å². The maximum absolute atomic E-state index is 11.5. The van der Waals surface area contributed by atoms with Crippen LogP contribution in [-0.2, 0) is 0 Å². The number of anilines is 1. The molecule has 3 aromatic rings. The zero-order valence-corrected chi connectivity index (χ0v) is 11.4. The fraction of sp³-hybridized carbons (Fsp3) is 0. The summed E-state index contributed by atoms with van der Waals surface area (Å²) >= 11 is 0. The molecule has 3 N–H and O–H groups in total. The lowest BCUT2D eigenvalue weighted by Gasteiger charge is -2.11. The van der Waals surface area contributed by atoms with Crippen LogP contribution in [0.3, 0.4) is 0 Å². The molecule has 5 nitrogen and oxygen atoms in total. The van der Waals surface area contributed by atoms with Crippen molar-refractivity contribution >= 4 is 35.9 Å². The minimum Gasteiger partial charge on any atom is -0.478 e. The highest BCUT2D eigenvalue weighted by molar-refractivity contribution is 6.32. The van der Waals surface area contributed by atoms with E-state index in [9.17, 15) is 9.90 Å². The molecule has 0 atom stereocenters. The molecule has 0 radical (unpaired) electrons. The van der Waals surface area contributed by atoms with Crippen LogP contribution < -0.4 is 11.2 Å². The Hall–Kier alpha value is -2.89. The summed E-state index contributed by atoms with van der Waals surface area (Å²) in [4.78, 5) is 20.0. The number of nitrogens with zero attached hydrogens (tertiary/aromatic N) is 2.